The molecule has 4 nitrogen and oxygen atoms in total. The molecule has 1 amide bonds. The zero-order valence-corrected chi connectivity index (χ0v) is 9.00. The van der Waals surface area contributed by atoms with Gasteiger partial charge in [-0.1, -0.05) is 20.8 Å². The molecule has 2 aliphatic heterocycles. The van der Waals surface area contributed by atoms with Gasteiger partial charge in [-0.15, -0.1) is 0 Å². The number of fused-ring (bicyclic) bond motifs is 1. The van der Waals surface area contributed by atoms with Gasteiger partial charge in [0.1, 0.15) is 0 Å². The van der Waals surface area contributed by atoms with Crippen molar-refractivity contribution in [2.24, 2.45) is 10.8 Å². The number of rotatable bonds is 0. The minimum Gasteiger partial charge on any atom is -0.465 e. The Morgan fingerprint density at radius 3 is 2.71 bits per heavy atom. The monoisotopic (exact) mass is 198 g/mol. The minimum atomic E-state index is -0.779. The summed E-state index contributed by atoms with van der Waals surface area (Å²) in [5.74, 6) is 0. The van der Waals surface area contributed by atoms with Crippen molar-refractivity contribution in [1.29, 1.82) is 0 Å². The molecule has 0 radical (unpaired) electrons. The molecular weight excluding hydrogens is 180 g/mol. The molecule has 4 heteroatoms. The summed E-state index contributed by atoms with van der Waals surface area (Å²) in [5.41, 5.74) is 0.332. The molecule has 80 valence electrons. The number of nitrogens with one attached hydrogen (secondary N) is 1. The molecule has 2 rings (SSSR count). The number of hydrogen-bond donors (Lipinski definition) is 2. The standard InChI is InChI=1S/C10H18N2O2/c1-9(2,3)10-5-11-4-7(10)12(6-10)8(13)14/h7,11H,4-6H2,1-3H3,(H,13,14)/t7-,10+/m0/s1. The van der Waals surface area contributed by atoms with Crippen molar-refractivity contribution in [3.63, 3.8) is 0 Å². The second kappa shape index (κ2) is 2.63. The van der Waals surface area contributed by atoms with E-state index in [-0.39, 0.29) is 16.9 Å². The second-order valence-electron chi connectivity index (χ2n) is 5.46. The zero-order chi connectivity index (χ0) is 10.6. The SMILES string of the molecule is CC(C)(C)[C@@]12CNC[C@@H]1N(C(=O)O)C2. The maximum absolute atomic E-state index is 10.9. The van der Waals surface area contributed by atoms with Crippen LogP contribution in [0, 0.1) is 10.8 Å². The van der Waals surface area contributed by atoms with Crippen LogP contribution in [0.4, 0.5) is 4.79 Å². The fourth-order valence-electron chi connectivity index (χ4n) is 2.82. The first-order valence-electron chi connectivity index (χ1n) is 5.09. The van der Waals surface area contributed by atoms with Crippen LogP contribution in [0.15, 0.2) is 0 Å². The van der Waals surface area contributed by atoms with Crippen LogP contribution in [0.25, 0.3) is 0 Å². The van der Waals surface area contributed by atoms with Crippen molar-refractivity contribution in [3.05, 3.63) is 0 Å². The number of likely N-dealkylation sites (tertiary alicyclic amines) is 1. The summed E-state index contributed by atoms with van der Waals surface area (Å²) in [7, 11) is 0. The third kappa shape index (κ3) is 1.00. The van der Waals surface area contributed by atoms with Gasteiger partial charge in [0.05, 0.1) is 6.04 Å². The lowest BCUT2D eigenvalue weighted by Crippen LogP contribution is -2.70. The molecule has 2 saturated heterocycles. The van der Waals surface area contributed by atoms with Gasteiger partial charge in [0, 0.05) is 25.0 Å². The highest BCUT2D eigenvalue weighted by Gasteiger charge is 2.62. The summed E-state index contributed by atoms with van der Waals surface area (Å²) >= 11 is 0. The Balaban J connectivity index is 2.21. The molecule has 0 bridgehead atoms. The van der Waals surface area contributed by atoms with E-state index in [1.807, 2.05) is 0 Å². The van der Waals surface area contributed by atoms with E-state index >= 15 is 0 Å². The predicted molar refractivity (Wildman–Crippen MR) is 53.3 cm³/mol. The third-order valence-corrected chi connectivity index (χ3v) is 3.98. The normalized spacial score (nSPS) is 36.5. The molecule has 2 fully saturated rings. The van der Waals surface area contributed by atoms with Gasteiger partial charge in [0.25, 0.3) is 0 Å². The summed E-state index contributed by atoms with van der Waals surface area (Å²) in [5, 5.41) is 12.3. The van der Waals surface area contributed by atoms with Crippen LogP contribution in [0.5, 0.6) is 0 Å². The van der Waals surface area contributed by atoms with Crippen molar-refractivity contribution in [1.82, 2.24) is 10.2 Å². The summed E-state index contributed by atoms with van der Waals surface area (Å²) in [6, 6.07) is 0.181. The van der Waals surface area contributed by atoms with E-state index in [0.29, 0.717) is 6.54 Å². The first-order chi connectivity index (χ1) is 6.38. The molecular formula is C10H18N2O2. The minimum absolute atomic E-state index is 0.158. The van der Waals surface area contributed by atoms with Crippen molar-refractivity contribution < 1.29 is 9.90 Å². The number of nitrogens with zero attached hydrogens (tertiary/aromatic N) is 1. The van der Waals surface area contributed by atoms with Gasteiger partial charge in [0.15, 0.2) is 0 Å². The Morgan fingerprint density at radius 2 is 2.21 bits per heavy atom. The van der Waals surface area contributed by atoms with E-state index < -0.39 is 6.09 Å². The highest BCUT2D eigenvalue weighted by molar-refractivity contribution is 5.67. The van der Waals surface area contributed by atoms with Crippen molar-refractivity contribution in [2.75, 3.05) is 19.6 Å². The van der Waals surface area contributed by atoms with Crippen LogP contribution < -0.4 is 5.32 Å². The largest absolute Gasteiger partial charge is 0.465 e. The van der Waals surface area contributed by atoms with E-state index in [9.17, 15) is 4.79 Å². The van der Waals surface area contributed by atoms with Crippen LogP contribution in [0.2, 0.25) is 0 Å². The second-order valence-corrected chi connectivity index (χ2v) is 5.46. The Labute approximate surface area is 84.3 Å². The van der Waals surface area contributed by atoms with Crippen molar-refractivity contribution >= 4 is 6.09 Å². The topological polar surface area (TPSA) is 52.6 Å². The first-order valence-corrected chi connectivity index (χ1v) is 5.09. The van der Waals surface area contributed by atoms with Gasteiger partial charge < -0.3 is 15.3 Å². The van der Waals surface area contributed by atoms with Crippen LogP contribution in [0.1, 0.15) is 20.8 Å². The van der Waals surface area contributed by atoms with E-state index in [0.717, 1.165) is 13.1 Å². The van der Waals surface area contributed by atoms with Gasteiger partial charge in [-0.05, 0) is 5.41 Å². The van der Waals surface area contributed by atoms with Crippen molar-refractivity contribution in [3.8, 4) is 0 Å². The lowest BCUT2D eigenvalue weighted by Gasteiger charge is -2.58. The molecule has 2 heterocycles. The maximum Gasteiger partial charge on any atom is 0.407 e. The number of hydrogen-bond acceptors (Lipinski definition) is 2. The molecule has 2 aliphatic rings. The molecule has 2 N–H and O–H groups in total. The third-order valence-electron chi connectivity index (χ3n) is 3.98. The average Bonchev–Trinajstić information content (AvgIpc) is 2.26. The Morgan fingerprint density at radius 1 is 1.57 bits per heavy atom. The van der Waals surface area contributed by atoms with Gasteiger partial charge >= 0.3 is 6.09 Å². The van der Waals surface area contributed by atoms with E-state index in [4.69, 9.17) is 5.11 Å². The molecule has 0 saturated carbocycles. The molecule has 0 unspecified atom stereocenters. The zero-order valence-electron chi connectivity index (χ0n) is 9.00. The van der Waals surface area contributed by atoms with Crippen LogP contribution in [0.3, 0.4) is 0 Å². The highest BCUT2D eigenvalue weighted by Crippen LogP contribution is 2.52. The average molecular weight is 198 g/mol. The van der Waals surface area contributed by atoms with Gasteiger partial charge in [0.2, 0.25) is 0 Å². The van der Waals surface area contributed by atoms with E-state index in [2.05, 4.69) is 26.1 Å². The van der Waals surface area contributed by atoms with Gasteiger partial charge in [-0.3, -0.25) is 0 Å². The Hall–Kier alpha value is -0.770. The summed E-state index contributed by atoms with van der Waals surface area (Å²) in [6.07, 6.45) is -0.779. The lowest BCUT2D eigenvalue weighted by molar-refractivity contribution is -0.0903. The molecule has 14 heavy (non-hydrogen) atoms. The van der Waals surface area contributed by atoms with E-state index in [1.54, 1.807) is 4.90 Å². The quantitative estimate of drug-likeness (QED) is 0.610. The lowest BCUT2D eigenvalue weighted by atomic mass is 9.58. The summed E-state index contributed by atoms with van der Waals surface area (Å²) < 4.78 is 0. The highest BCUT2D eigenvalue weighted by atomic mass is 16.4. The van der Waals surface area contributed by atoms with Crippen LogP contribution >= 0.6 is 0 Å². The van der Waals surface area contributed by atoms with Gasteiger partial charge in [-0.2, -0.15) is 0 Å². The van der Waals surface area contributed by atoms with Gasteiger partial charge in [-0.25, -0.2) is 4.79 Å². The molecule has 0 aliphatic carbocycles. The summed E-state index contributed by atoms with van der Waals surface area (Å²) in [4.78, 5) is 12.5. The fraction of sp³-hybridized carbons (Fsp3) is 0.900. The fourth-order valence-corrected chi connectivity index (χ4v) is 2.82. The Bertz CT molecular complexity index is 272. The molecule has 2 atom stereocenters. The van der Waals surface area contributed by atoms with Crippen molar-refractivity contribution in [2.45, 2.75) is 26.8 Å². The molecule has 0 aromatic heterocycles. The van der Waals surface area contributed by atoms with E-state index in [1.165, 1.54) is 0 Å². The molecule has 0 aromatic rings. The van der Waals surface area contributed by atoms with Crippen LogP contribution in [-0.2, 0) is 0 Å². The number of amides is 1. The number of carboxylic acid groups (broad SMARTS) is 1. The Kier molecular flexibility index (Phi) is 1.83. The van der Waals surface area contributed by atoms with Crippen LogP contribution in [-0.4, -0.2) is 41.8 Å². The molecule has 0 spiro atoms. The number of carbonyl (C=O) groups is 1. The summed E-state index contributed by atoms with van der Waals surface area (Å²) in [6.45, 7) is 9.04. The predicted octanol–water partition coefficient (Wildman–Crippen LogP) is 0.984. The molecule has 0 aromatic carbocycles. The smallest absolute Gasteiger partial charge is 0.407 e. The first kappa shape index (κ1) is 9.77. The maximum atomic E-state index is 10.9.